The summed E-state index contributed by atoms with van der Waals surface area (Å²) in [5.74, 6) is 0. The molecule has 18 heavy (non-hydrogen) atoms. The van der Waals surface area contributed by atoms with E-state index in [-0.39, 0.29) is 0 Å². The Morgan fingerprint density at radius 3 is 2.78 bits per heavy atom. The highest BCUT2D eigenvalue weighted by Gasteiger charge is 2.22. The van der Waals surface area contributed by atoms with Gasteiger partial charge in [-0.3, -0.25) is 4.90 Å². The fourth-order valence-electron chi connectivity index (χ4n) is 2.55. The Balaban J connectivity index is 1.78. The van der Waals surface area contributed by atoms with Crippen LogP contribution in [0.3, 0.4) is 0 Å². The molecule has 1 aliphatic rings. The molecule has 0 radical (unpaired) electrons. The number of fused-ring (bicyclic) bond motifs is 1. The maximum atomic E-state index is 5.94. The van der Waals surface area contributed by atoms with Gasteiger partial charge in [0.15, 0.2) is 0 Å². The minimum Gasteiger partial charge on any atom is -0.292 e. The lowest BCUT2D eigenvalue weighted by molar-refractivity contribution is 0.193. The van der Waals surface area contributed by atoms with Crippen LogP contribution in [0.2, 0.25) is 5.02 Å². The second-order valence-electron chi connectivity index (χ2n) is 4.82. The molecule has 0 N–H and O–H groups in total. The highest BCUT2D eigenvalue weighted by Crippen LogP contribution is 2.30. The number of hydrogen-bond acceptors (Lipinski definition) is 2. The van der Waals surface area contributed by atoms with Gasteiger partial charge in [-0.05, 0) is 48.1 Å². The van der Waals surface area contributed by atoms with Crippen LogP contribution < -0.4 is 0 Å². The third-order valence-electron chi connectivity index (χ3n) is 3.74. The number of rotatable bonds is 2. The topological polar surface area (TPSA) is 3.24 Å². The Hall–Kier alpha value is -0.830. The summed E-state index contributed by atoms with van der Waals surface area (Å²) >= 11 is 7.83. The van der Waals surface area contributed by atoms with Gasteiger partial charge in [0.05, 0.1) is 0 Å². The van der Waals surface area contributed by atoms with E-state index in [4.69, 9.17) is 11.6 Å². The zero-order valence-corrected chi connectivity index (χ0v) is 12.0. The predicted molar refractivity (Wildman–Crippen MR) is 78.3 cm³/mol. The molecule has 1 unspecified atom stereocenters. The molecule has 0 saturated heterocycles. The minimum absolute atomic E-state index is 0.454. The predicted octanol–water partition coefficient (Wildman–Crippen LogP) is 4.52. The first-order valence-corrected chi connectivity index (χ1v) is 7.54. The molecule has 1 nitrogen and oxygen atoms in total. The molecule has 0 spiro atoms. The lowest BCUT2D eigenvalue weighted by Crippen LogP contribution is -2.32. The molecule has 1 aromatic heterocycles. The number of thiophene rings is 1. The highest BCUT2D eigenvalue weighted by atomic mass is 35.5. The molecule has 3 heteroatoms. The third kappa shape index (κ3) is 2.33. The molecule has 2 aromatic rings. The number of benzene rings is 1. The summed E-state index contributed by atoms with van der Waals surface area (Å²) in [7, 11) is 0. The zero-order valence-electron chi connectivity index (χ0n) is 10.4. The van der Waals surface area contributed by atoms with E-state index in [0.29, 0.717) is 6.04 Å². The normalized spacial score (nSPS) is 17.4. The van der Waals surface area contributed by atoms with Gasteiger partial charge in [-0.2, -0.15) is 0 Å². The summed E-state index contributed by atoms with van der Waals surface area (Å²) < 4.78 is 0. The van der Waals surface area contributed by atoms with Crippen molar-refractivity contribution in [1.29, 1.82) is 0 Å². The zero-order chi connectivity index (χ0) is 12.5. The summed E-state index contributed by atoms with van der Waals surface area (Å²) in [5.41, 5.74) is 2.85. The molecule has 0 fully saturated rings. The highest BCUT2D eigenvalue weighted by molar-refractivity contribution is 7.10. The van der Waals surface area contributed by atoms with Gasteiger partial charge in [0.2, 0.25) is 0 Å². The average Bonchev–Trinajstić information content (AvgIpc) is 2.86. The van der Waals surface area contributed by atoms with Crippen molar-refractivity contribution < 1.29 is 0 Å². The number of hydrogen-bond donors (Lipinski definition) is 0. The van der Waals surface area contributed by atoms with E-state index >= 15 is 0 Å². The number of nitrogens with zero attached hydrogens (tertiary/aromatic N) is 1. The van der Waals surface area contributed by atoms with E-state index in [1.165, 1.54) is 17.5 Å². The van der Waals surface area contributed by atoms with E-state index in [2.05, 4.69) is 35.4 Å². The fourth-order valence-corrected chi connectivity index (χ4v) is 3.57. The molecular formula is C15H16ClNS. The Labute approximate surface area is 117 Å². The van der Waals surface area contributed by atoms with E-state index in [1.807, 2.05) is 23.5 Å². The molecule has 0 amide bonds. The van der Waals surface area contributed by atoms with Gasteiger partial charge in [-0.25, -0.2) is 0 Å². The van der Waals surface area contributed by atoms with Crippen molar-refractivity contribution in [3.8, 4) is 0 Å². The molecule has 1 aromatic carbocycles. The van der Waals surface area contributed by atoms with Crippen molar-refractivity contribution >= 4 is 22.9 Å². The van der Waals surface area contributed by atoms with E-state index in [0.717, 1.165) is 18.1 Å². The van der Waals surface area contributed by atoms with Crippen LogP contribution in [0.4, 0.5) is 0 Å². The molecule has 1 aliphatic heterocycles. The van der Waals surface area contributed by atoms with Gasteiger partial charge in [0, 0.05) is 29.0 Å². The van der Waals surface area contributed by atoms with Crippen LogP contribution in [-0.4, -0.2) is 11.4 Å². The Morgan fingerprint density at radius 2 is 2.00 bits per heavy atom. The minimum atomic E-state index is 0.454. The maximum absolute atomic E-state index is 5.94. The molecule has 0 aliphatic carbocycles. The largest absolute Gasteiger partial charge is 0.292 e. The third-order valence-corrected chi connectivity index (χ3v) is 5.01. The van der Waals surface area contributed by atoms with Crippen LogP contribution in [0.15, 0.2) is 35.7 Å². The van der Waals surface area contributed by atoms with Gasteiger partial charge < -0.3 is 0 Å². The molecule has 94 valence electrons. The smallest absolute Gasteiger partial charge is 0.0406 e. The van der Waals surface area contributed by atoms with Gasteiger partial charge in [-0.1, -0.05) is 23.7 Å². The molecule has 0 saturated carbocycles. The average molecular weight is 278 g/mol. The summed E-state index contributed by atoms with van der Waals surface area (Å²) in [6.45, 7) is 4.50. The lowest BCUT2D eigenvalue weighted by Gasteiger charge is -2.32. The Bertz CT molecular complexity index is 532. The van der Waals surface area contributed by atoms with Gasteiger partial charge in [0.25, 0.3) is 0 Å². The summed E-state index contributed by atoms with van der Waals surface area (Å²) in [6.07, 6.45) is 1.19. The molecule has 2 heterocycles. The summed E-state index contributed by atoms with van der Waals surface area (Å²) in [5, 5.41) is 3.02. The van der Waals surface area contributed by atoms with Crippen LogP contribution in [0.5, 0.6) is 0 Å². The van der Waals surface area contributed by atoms with Crippen LogP contribution in [0.25, 0.3) is 0 Å². The first kappa shape index (κ1) is 12.2. The van der Waals surface area contributed by atoms with Crippen LogP contribution in [0, 0.1) is 0 Å². The van der Waals surface area contributed by atoms with E-state index in [1.54, 1.807) is 4.88 Å². The van der Waals surface area contributed by atoms with Gasteiger partial charge in [0.1, 0.15) is 0 Å². The molecular weight excluding hydrogens is 262 g/mol. The second kappa shape index (κ2) is 5.04. The monoisotopic (exact) mass is 277 g/mol. The van der Waals surface area contributed by atoms with Crippen molar-refractivity contribution in [3.63, 3.8) is 0 Å². The van der Waals surface area contributed by atoms with Crippen molar-refractivity contribution in [1.82, 2.24) is 4.90 Å². The summed E-state index contributed by atoms with van der Waals surface area (Å²) in [4.78, 5) is 4.10. The van der Waals surface area contributed by atoms with Crippen molar-refractivity contribution in [2.75, 3.05) is 6.54 Å². The van der Waals surface area contributed by atoms with Crippen LogP contribution >= 0.6 is 22.9 Å². The van der Waals surface area contributed by atoms with Crippen LogP contribution in [0.1, 0.15) is 29.0 Å². The van der Waals surface area contributed by atoms with Crippen LogP contribution in [-0.2, 0) is 13.0 Å². The molecule has 0 bridgehead atoms. The van der Waals surface area contributed by atoms with Crippen molar-refractivity contribution in [3.05, 3.63) is 56.7 Å². The summed E-state index contributed by atoms with van der Waals surface area (Å²) in [6, 6.07) is 10.9. The molecule has 3 rings (SSSR count). The van der Waals surface area contributed by atoms with Gasteiger partial charge in [-0.15, -0.1) is 11.3 Å². The quantitative estimate of drug-likeness (QED) is 0.780. The second-order valence-corrected chi connectivity index (χ2v) is 6.25. The Morgan fingerprint density at radius 1 is 1.22 bits per heavy atom. The number of halogens is 1. The standard InChI is InChI=1S/C15H16ClNS/c1-11(12-2-4-14(16)5-3-12)17-8-6-15-13(10-17)7-9-18-15/h2-5,7,9,11H,6,8,10H2,1H3. The first-order valence-electron chi connectivity index (χ1n) is 6.29. The maximum Gasteiger partial charge on any atom is 0.0406 e. The van der Waals surface area contributed by atoms with Crippen molar-refractivity contribution in [2.45, 2.75) is 25.9 Å². The fraction of sp³-hybridized carbons (Fsp3) is 0.333. The van der Waals surface area contributed by atoms with Crippen molar-refractivity contribution in [2.24, 2.45) is 0 Å². The molecule has 1 atom stereocenters. The SMILES string of the molecule is CC(c1ccc(Cl)cc1)N1CCc2sccc2C1. The first-order chi connectivity index (χ1) is 8.74. The lowest BCUT2D eigenvalue weighted by atomic mass is 10.0. The van der Waals surface area contributed by atoms with E-state index < -0.39 is 0 Å². The Kier molecular flexibility index (Phi) is 3.42. The van der Waals surface area contributed by atoms with E-state index in [9.17, 15) is 0 Å². The van der Waals surface area contributed by atoms with Gasteiger partial charge >= 0.3 is 0 Å².